The summed E-state index contributed by atoms with van der Waals surface area (Å²) in [5, 5.41) is -0.308. The Bertz CT molecular complexity index is 919. The highest BCUT2D eigenvalue weighted by Crippen LogP contribution is 2.40. The maximum absolute atomic E-state index is 13.1. The molecule has 2 saturated heterocycles. The predicted octanol–water partition coefficient (Wildman–Crippen LogP) is 2.17. The first kappa shape index (κ1) is 15.2. The normalized spacial score (nSPS) is 28.5. The topological polar surface area (TPSA) is 83.4 Å². The Morgan fingerprint density at radius 3 is 2.57 bits per heavy atom. The van der Waals surface area contributed by atoms with Gasteiger partial charge in [0.05, 0.1) is 20.7 Å². The SMILES string of the molecule is CN1C2CCC1CC(S(=O)(=O)c1cc3oc(=O)[nH]c3cc1Cl)C2. The van der Waals surface area contributed by atoms with Crippen molar-refractivity contribution in [1.82, 2.24) is 9.88 Å². The molecule has 2 bridgehead atoms. The molecule has 0 saturated carbocycles. The van der Waals surface area contributed by atoms with Crippen molar-refractivity contribution >= 4 is 32.5 Å². The molecule has 2 fully saturated rings. The molecule has 3 heterocycles. The smallest absolute Gasteiger partial charge is 0.408 e. The number of hydrogen-bond donors (Lipinski definition) is 1. The van der Waals surface area contributed by atoms with Gasteiger partial charge >= 0.3 is 5.76 Å². The fourth-order valence-corrected chi connectivity index (χ4v) is 6.36. The molecular formula is C15H17ClN2O4S. The highest BCUT2D eigenvalue weighted by atomic mass is 35.5. The summed E-state index contributed by atoms with van der Waals surface area (Å²) in [6.45, 7) is 0. The molecule has 1 aromatic carbocycles. The van der Waals surface area contributed by atoms with Crippen LogP contribution in [-0.4, -0.2) is 42.7 Å². The summed E-state index contributed by atoms with van der Waals surface area (Å²) in [4.78, 5) is 16.1. The summed E-state index contributed by atoms with van der Waals surface area (Å²) in [7, 11) is -1.49. The Morgan fingerprint density at radius 1 is 1.26 bits per heavy atom. The van der Waals surface area contributed by atoms with Crippen LogP contribution in [0.1, 0.15) is 25.7 Å². The number of hydrogen-bond acceptors (Lipinski definition) is 5. The fraction of sp³-hybridized carbons (Fsp3) is 0.533. The lowest BCUT2D eigenvalue weighted by atomic mass is 10.0. The number of aromatic amines is 1. The summed E-state index contributed by atoms with van der Waals surface area (Å²) < 4.78 is 31.1. The summed E-state index contributed by atoms with van der Waals surface area (Å²) >= 11 is 6.18. The number of piperidine rings is 1. The van der Waals surface area contributed by atoms with Crippen molar-refractivity contribution in [2.75, 3.05) is 7.05 Å². The minimum absolute atomic E-state index is 0.0587. The quantitative estimate of drug-likeness (QED) is 0.891. The molecule has 1 aromatic heterocycles. The number of benzene rings is 1. The van der Waals surface area contributed by atoms with E-state index in [1.165, 1.54) is 12.1 Å². The van der Waals surface area contributed by atoms with Crippen LogP contribution in [-0.2, 0) is 9.84 Å². The Balaban J connectivity index is 1.77. The molecule has 2 aromatic rings. The molecule has 1 N–H and O–H groups in total. The monoisotopic (exact) mass is 356 g/mol. The Kier molecular flexibility index (Phi) is 3.37. The van der Waals surface area contributed by atoms with Crippen molar-refractivity contribution in [3.8, 4) is 0 Å². The highest BCUT2D eigenvalue weighted by Gasteiger charge is 2.44. The zero-order valence-electron chi connectivity index (χ0n) is 12.6. The van der Waals surface area contributed by atoms with Gasteiger partial charge in [-0.1, -0.05) is 11.6 Å². The standard InChI is InChI=1S/C15H17ClN2O4S/c1-18-8-2-3-9(18)5-10(4-8)23(20,21)14-7-13-12(6-11(14)16)17-15(19)22-13/h6-10H,2-5H2,1H3,(H,17,19). The van der Waals surface area contributed by atoms with Crippen LogP contribution >= 0.6 is 11.6 Å². The summed E-state index contributed by atoms with van der Waals surface area (Å²) in [6, 6.07) is 3.45. The van der Waals surface area contributed by atoms with Gasteiger partial charge in [-0.05, 0) is 38.8 Å². The van der Waals surface area contributed by atoms with Gasteiger partial charge in [0.2, 0.25) is 0 Å². The summed E-state index contributed by atoms with van der Waals surface area (Å²) in [5.41, 5.74) is 0.622. The second kappa shape index (κ2) is 5.09. The average Bonchev–Trinajstić information content (AvgIpc) is 2.91. The predicted molar refractivity (Wildman–Crippen MR) is 86.6 cm³/mol. The fourth-order valence-electron chi connectivity index (χ4n) is 3.96. The van der Waals surface area contributed by atoms with Gasteiger partial charge in [0.15, 0.2) is 15.4 Å². The van der Waals surface area contributed by atoms with Crippen molar-refractivity contribution in [3.05, 3.63) is 27.7 Å². The molecule has 23 heavy (non-hydrogen) atoms. The number of halogens is 1. The maximum atomic E-state index is 13.1. The van der Waals surface area contributed by atoms with Gasteiger partial charge in [-0.2, -0.15) is 0 Å². The first-order chi connectivity index (χ1) is 10.9. The van der Waals surface area contributed by atoms with Crippen LogP contribution in [0.5, 0.6) is 0 Å². The number of nitrogens with zero attached hydrogens (tertiary/aromatic N) is 1. The van der Waals surface area contributed by atoms with Gasteiger partial charge in [-0.25, -0.2) is 13.2 Å². The van der Waals surface area contributed by atoms with E-state index in [0.717, 1.165) is 12.8 Å². The molecule has 0 spiro atoms. The molecule has 2 aliphatic rings. The van der Waals surface area contributed by atoms with E-state index < -0.39 is 20.8 Å². The van der Waals surface area contributed by atoms with E-state index >= 15 is 0 Å². The second-order valence-corrected chi connectivity index (χ2v) is 9.09. The lowest BCUT2D eigenvalue weighted by Gasteiger charge is -2.36. The molecule has 124 valence electrons. The molecule has 2 aliphatic heterocycles. The van der Waals surface area contributed by atoms with Gasteiger partial charge in [-0.3, -0.25) is 4.98 Å². The van der Waals surface area contributed by atoms with Gasteiger partial charge < -0.3 is 9.32 Å². The zero-order valence-corrected chi connectivity index (χ0v) is 14.2. The van der Waals surface area contributed by atoms with E-state index in [2.05, 4.69) is 16.9 Å². The van der Waals surface area contributed by atoms with Gasteiger partial charge in [0, 0.05) is 18.2 Å². The number of aromatic nitrogens is 1. The van der Waals surface area contributed by atoms with Crippen LogP contribution in [0.15, 0.2) is 26.2 Å². The van der Waals surface area contributed by atoms with Gasteiger partial charge in [0.25, 0.3) is 0 Å². The zero-order chi connectivity index (χ0) is 16.4. The molecule has 6 nitrogen and oxygen atoms in total. The van der Waals surface area contributed by atoms with Gasteiger partial charge in [-0.15, -0.1) is 0 Å². The molecule has 0 aliphatic carbocycles. The van der Waals surface area contributed by atoms with E-state index in [4.69, 9.17) is 16.0 Å². The number of fused-ring (bicyclic) bond motifs is 3. The minimum atomic E-state index is -3.56. The van der Waals surface area contributed by atoms with Crippen LogP contribution in [0, 0.1) is 0 Å². The van der Waals surface area contributed by atoms with Crippen LogP contribution in [0.2, 0.25) is 5.02 Å². The second-order valence-electron chi connectivity index (χ2n) is 6.48. The van der Waals surface area contributed by atoms with Crippen molar-refractivity contribution < 1.29 is 12.8 Å². The molecular weight excluding hydrogens is 340 g/mol. The number of oxazole rings is 1. The Labute approximate surface area is 138 Å². The molecule has 0 amide bonds. The van der Waals surface area contributed by atoms with Crippen LogP contribution < -0.4 is 5.76 Å². The molecule has 4 rings (SSSR count). The summed E-state index contributed by atoms with van der Waals surface area (Å²) in [5.74, 6) is -0.622. The summed E-state index contributed by atoms with van der Waals surface area (Å²) in [6.07, 6.45) is 3.35. The van der Waals surface area contributed by atoms with Crippen LogP contribution in [0.25, 0.3) is 11.1 Å². The third-order valence-electron chi connectivity index (χ3n) is 5.27. The van der Waals surface area contributed by atoms with Crippen LogP contribution in [0.4, 0.5) is 0 Å². The maximum Gasteiger partial charge on any atom is 0.417 e. The van der Waals surface area contributed by atoms with Crippen molar-refractivity contribution in [2.45, 2.75) is 47.9 Å². The molecule has 0 radical (unpaired) electrons. The van der Waals surface area contributed by atoms with Gasteiger partial charge in [0.1, 0.15) is 0 Å². The molecule has 2 atom stereocenters. The van der Waals surface area contributed by atoms with E-state index in [1.807, 2.05) is 0 Å². The third-order valence-corrected chi connectivity index (χ3v) is 7.91. The highest BCUT2D eigenvalue weighted by molar-refractivity contribution is 7.92. The van der Waals surface area contributed by atoms with E-state index in [-0.39, 0.29) is 15.5 Å². The average molecular weight is 357 g/mol. The Morgan fingerprint density at radius 2 is 1.91 bits per heavy atom. The first-order valence-corrected chi connectivity index (χ1v) is 9.57. The first-order valence-electron chi connectivity index (χ1n) is 7.64. The van der Waals surface area contributed by atoms with E-state index in [9.17, 15) is 13.2 Å². The number of rotatable bonds is 2. The minimum Gasteiger partial charge on any atom is -0.408 e. The van der Waals surface area contributed by atoms with E-state index in [1.54, 1.807) is 0 Å². The Hall–Kier alpha value is -1.31. The lowest BCUT2D eigenvalue weighted by Crippen LogP contribution is -2.44. The van der Waals surface area contributed by atoms with Crippen LogP contribution in [0.3, 0.4) is 0 Å². The lowest BCUT2D eigenvalue weighted by molar-refractivity contribution is 0.180. The number of sulfone groups is 1. The largest absolute Gasteiger partial charge is 0.417 e. The molecule has 8 heteroatoms. The number of H-pyrrole nitrogens is 1. The van der Waals surface area contributed by atoms with E-state index in [0.29, 0.717) is 30.4 Å². The van der Waals surface area contributed by atoms with Crippen molar-refractivity contribution in [2.24, 2.45) is 0 Å². The van der Waals surface area contributed by atoms with Crippen molar-refractivity contribution in [1.29, 1.82) is 0 Å². The molecule has 2 unspecified atom stereocenters. The third kappa shape index (κ3) is 2.33. The number of nitrogens with one attached hydrogen (secondary N) is 1. The van der Waals surface area contributed by atoms with Crippen molar-refractivity contribution in [3.63, 3.8) is 0 Å².